The molecule has 1 aromatic heterocycles. The van der Waals surface area contributed by atoms with Gasteiger partial charge in [-0.2, -0.15) is 0 Å². The summed E-state index contributed by atoms with van der Waals surface area (Å²) in [6.45, 7) is 6.77. The van der Waals surface area contributed by atoms with Gasteiger partial charge < -0.3 is 11.1 Å². The van der Waals surface area contributed by atoms with E-state index in [-0.39, 0.29) is 11.3 Å². The smallest absolute Gasteiger partial charge is 0.226 e. The van der Waals surface area contributed by atoms with Crippen LogP contribution in [0.25, 0.3) is 0 Å². The number of aromatic nitrogens is 2. The van der Waals surface area contributed by atoms with Crippen molar-refractivity contribution in [3.63, 3.8) is 0 Å². The number of rotatable bonds is 6. The number of carbonyl (C=O) groups is 1. The van der Waals surface area contributed by atoms with Crippen LogP contribution >= 0.6 is 11.3 Å². The highest BCUT2D eigenvalue weighted by atomic mass is 32.1. The van der Waals surface area contributed by atoms with E-state index < -0.39 is 0 Å². The van der Waals surface area contributed by atoms with E-state index in [4.69, 9.17) is 5.73 Å². The van der Waals surface area contributed by atoms with Gasteiger partial charge in [0.2, 0.25) is 11.0 Å². The second-order valence-electron chi connectivity index (χ2n) is 4.88. The van der Waals surface area contributed by atoms with Crippen LogP contribution in [0.1, 0.15) is 38.1 Å². The van der Waals surface area contributed by atoms with E-state index in [1.165, 1.54) is 11.3 Å². The molecular weight excluding hydrogens is 236 g/mol. The average molecular weight is 256 g/mol. The monoisotopic (exact) mass is 256 g/mol. The Balaban J connectivity index is 2.35. The maximum absolute atomic E-state index is 11.7. The van der Waals surface area contributed by atoms with Gasteiger partial charge in [-0.05, 0) is 31.7 Å². The van der Waals surface area contributed by atoms with Crippen molar-refractivity contribution >= 4 is 22.4 Å². The summed E-state index contributed by atoms with van der Waals surface area (Å²) in [7, 11) is 0. The average Bonchev–Trinajstić information content (AvgIpc) is 2.61. The summed E-state index contributed by atoms with van der Waals surface area (Å²) >= 11 is 1.39. The minimum absolute atomic E-state index is 0.00811. The minimum atomic E-state index is -0.00811. The zero-order valence-corrected chi connectivity index (χ0v) is 11.4. The van der Waals surface area contributed by atoms with Gasteiger partial charge in [-0.25, -0.2) is 0 Å². The Morgan fingerprint density at radius 3 is 2.65 bits per heavy atom. The first-order valence-electron chi connectivity index (χ1n) is 5.73. The molecule has 0 atom stereocenters. The molecule has 0 saturated heterocycles. The van der Waals surface area contributed by atoms with Crippen LogP contribution in [0.15, 0.2) is 0 Å². The van der Waals surface area contributed by atoms with Crippen LogP contribution in [0.5, 0.6) is 0 Å². The van der Waals surface area contributed by atoms with Gasteiger partial charge in [0.05, 0.1) is 0 Å². The van der Waals surface area contributed by atoms with Crippen molar-refractivity contribution < 1.29 is 4.79 Å². The fourth-order valence-corrected chi connectivity index (χ4v) is 2.10. The maximum atomic E-state index is 11.7. The normalized spacial score (nSPS) is 11.5. The highest BCUT2D eigenvalue weighted by Gasteiger charge is 2.18. The van der Waals surface area contributed by atoms with Gasteiger partial charge >= 0.3 is 0 Å². The van der Waals surface area contributed by atoms with Gasteiger partial charge in [0.25, 0.3) is 0 Å². The van der Waals surface area contributed by atoms with E-state index in [2.05, 4.69) is 29.4 Å². The van der Waals surface area contributed by atoms with Crippen molar-refractivity contribution in [3.05, 3.63) is 5.01 Å². The number of nitrogens with two attached hydrogens (primary N) is 1. The summed E-state index contributed by atoms with van der Waals surface area (Å²) in [5, 5.41) is 11.9. The molecule has 0 fully saturated rings. The quantitative estimate of drug-likeness (QED) is 0.815. The Morgan fingerprint density at radius 1 is 1.41 bits per heavy atom. The Labute approximate surface area is 106 Å². The third-order valence-corrected chi connectivity index (χ3v) is 3.38. The summed E-state index contributed by atoms with van der Waals surface area (Å²) in [4.78, 5) is 11.7. The molecule has 6 heteroatoms. The van der Waals surface area contributed by atoms with Gasteiger partial charge in [-0.3, -0.25) is 4.79 Å². The molecule has 0 radical (unpaired) electrons. The number of carbonyl (C=O) groups excluding carboxylic acids is 1. The van der Waals surface area contributed by atoms with Crippen LogP contribution in [0.4, 0.5) is 5.13 Å². The van der Waals surface area contributed by atoms with Gasteiger partial charge in [-0.15, -0.1) is 10.2 Å². The fraction of sp³-hybridized carbons (Fsp3) is 0.727. The third-order valence-electron chi connectivity index (χ3n) is 2.62. The lowest BCUT2D eigenvalue weighted by molar-refractivity contribution is -0.116. The molecule has 1 aromatic rings. The molecule has 5 nitrogen and oxygen atoms in total. The first-order chi connectivity index (χ1) is 7.93. The number of hydrogen-bond acceptors (Lipinski definition) is 5. The number of nitrogens with one attached hydrogen (secondary N) is 1. The molecule has 1 rings (SSSR count). The van der Waals surface area contributed by atoms with E-state index in [0.29, 0.717) is 18.1 Å². The molecule has 0 aromatic carbocycles. The van der Waals surface area contributed by atoms with Crippen LogP contribution < -0.4 is 11.1 Å². The summed E-state index contributed by atoms with van der Waals surface area (Å²) in [6, 6.07) is 0. The largest absolute Gasteiger partial charge is 0.330 e. The molecule has 1 amide bonds. The first kappa shape index (κ1) is 14.1. The Morgan fingerprint density at radius 2 is 2.12 bits per heavy atom. The molecule has 0 bridgehead atoms. The Hall–Kier alpha value is -1.01. The molecule has 17 heavy (non-hydrogen) atoms. The Kier molecular flexibility index (Phi) is 5.02. The van der Waals surface area contributed by atoms with Crippen molar-refractivity contribution in [3.8, 4) is 0 Å². The Bertz CT molecular complexity index is 375. The standard InChI is InChI=1S/C11H20N4OS/c1-8-14-15-10(17-8)13-9(16)4-5-11(2,3)6-7-12/h4-7,12H2,1-3H3,(H,13,15,16). The first-order valence-corrected chi connectivity index (χ1v) is 6.54. The predicted octanol–water partition coefficient (Wildman–Crippen LogP) is 1.94. The number of anilines is 1. The van der Waals surface area contributed by atoms with Crippen molar-refractivity contribution in [2.24, 2.45) is 11.1 Å². The zero-order valence-electron chi connectivity index (χ0n) is 10.6. The molecule has 0 saturated carbocycles. The second kappa shape index (κ2) is 6.07. The maximum Gasteiger partial charge on any atom is 0.226 e. The molecular formula is C11H20N4OS. The van der Waals surface area contributed by atoms with E-state index in [1.807, 2.05) is 6.92 Å². The third kappa shape index (κ3) is 5.23. The summed E-state index contributed by atoms with van der Waals surface area (Å²) in [5.41, 5.74) is 5.64. The molecule has 0 aliphatic carbocycles. The topological polar surface area (TPSA) is 80.9 Å². The van der Waals surface area contributed by atoms with Crippen LogP contribution in [-0.4, -0.2) is 22.6 Å². The summed E-state index contributed by atoms with van der Waals surface area (Å²) in [6.07, 6.45) is 2.25. The lowest BCUT2D eigenvalue weighted by Crippen LogP contribution is -2.20. The van der Waals surface area contributed by atoms with Crippen molar-refractivity contribution in [2.75, 3.05) is 11.9 Å². The van der Waals surface area contributed by atoms with Crippen LogP contribution in [0, 0.1) is 12.3 Å². The zero-order chi connectivity index (χ0) is 12.9. The minimum Gasteiger partial charge on any atom is -0.330 e. The van der Waals surface area contributed by atoms with Gasteiger partial charge in [0, 0.05) is 6.42 Å². The van der Waals surface area contributed by atoms with Crippen LogP contribution in [-0.2, 0) is 4.79 Å². The summed E-state index contributed by atoms with van der Waals surface area (Å²) in [5.74, 6) is -0.00811. The molecule has 0 aliphatic rings. The van der Waals surface area contributed by atoms with Gasteiger partial charge in [0.15, 0.2) is 0 Å². The molecule has 1 heterocycles. The number of nitrogens with zero attached hydrogens (tertiary/aromatic N) is 2. The van der Waals surface area contributed by atoms with Crippen LogP contribution in [0.3, 0.4) is 0 Å². The molecule has 0 unspecified atom stereocenters. The molecule has 3 N–H and O–H groups in total. The van der Waals surface area contributed by atoms with Gasteiger partial charge in [0.1, 0.15) is 5.01 Å². The molecule has 0 spiro atoms. The van der Waals surface area contributed by atoms with Crippen molar-refractivity contribution in [1.29, 1.82) is 0 Å². The van der Waals surface area contributed by atoms with Crippen molar-refractivity contribution in [1.82, 2.24) is 10.2 Å². The number of aryl methyl sites for hydroxylation is 1. The van der Waals surface area contributed by atoms with E-state index in [0.717, 1.165) is 17.8 Å². The van der Waals surface area contributed by atoms with E-state index in [1.54, 1.807) is 0 Å². The molecule has 96 valence electrons. The number of hydrogen-bond donors (Lipinski definition) is 2. The van der Waals surface area contributed by atoms with Crippen molar-refractivity contribution in [2.45, 2.75) is 40.0 Å². The second-order valence-corrected chi connectivity index (χ2v) is 6.06. The molecule has 0 aliphatic heterocycles. The predicted molar refractivity (Wildman–Crippen MR) is 70.0 cm³/mol. The van der Waals surface area contributed by atoms with Crippen LogP contribution in [0.2, 0.25) is 0 Å². The lowest BCUT2D eigenvalue weighted by atomic mass is 9.84. The highest BCUT2D eigenvalue weighted by molar-refractivity contribution is 7.15. The fourth-order valence-electron chi connectivity index (χ4n) is 1.50. The number of amides is 1. The van der Waals surface area contributed by atoms with E-state index in [9.17, 15) is 4.79 Å². The lowest BCUT2D eigenvalue weighted by Gasteiger charge is -2.23. The SMILES string of the molecule is Cc1nnc(NC(=O)CCC(C)(C)CCN)s1. The van der Waals surface area contributed by atoms with E-state index >= 15 is 0 Å². The highest BCUT2D eigenvalue weighted by Crippen LogP contribution is 2.26. The van der Waals surface area contributed by atoms with Gasteiger partial charge in [-0.1, -0.05) is 25.2 Å². The summed E-state index contributed by atoms with van der Waals surface area (Å²) < 4.78 is 0.